The Hall–Kier alpha value is -1.35. The lowest BCUT2D eigenvalue weighted by Crippen LogP contribution is -2.10. The number of fused-ring (bicyclic) bond motifs is 1. The molecule has 0 bridgehead atoms. The molecule has 1 aromatic heterocycles. The SMILES string of the molecule is CNCc1nc2cc(C)ccc2n1C. The first-order valence-electron chi connectivity index (χ1n) is 4.79. The number of nitrogens with zero attached hydrogens (tertiary/aromatic N) is 2. The monoisotopic (exact) mass is 189 g/mol. The highest BCUT2D eigenvalue weighted by molar-refractivity contribution is 5.76. The van der Waals surface area contributed by atoms with Crippen LogP contribution < -0.4 is 5.32 Å². The van der Waals surface area contributed by atoms with Crippen LogP contribution >= 0.6 is 0 Å². The van der Waals surface area contributed by atoms with E-state index in [-0.39, 0.29) is 0 Å². The van der Waals surface area contributed by atoms with Gasteiger partial charge in [0.25, 0.3) is 0 Å². The van der Waals surface area contributed by atoms with Crippen molar-refractivity contribution in [2.45, 2.75) is 13.5 Å². The highest BCUT2D eigenvalue weighted by Crippen LogP contribution is 2.16. The lowest BCUT2D eigenvalue weighted by molar-refractivity contribution is 0.719. The molecular weight excluding hydrogens is 174 g/mol. The largest absolute Gasteiger partial charge is 0.330 e. The van der Waals surface area contributed by atoms with Crippen molar-refractivity contribution >= 4 is 11.0 Å². The maximum atomic E-state index is 4.56. The Balaban J connectivity index is 2.61. The van der Waals surface area contributed by atoms with Gasteiger partial charge in [-0.05, 0) is 31.7 Å². The lowest BCUT2D eigenvalue weighted by atomic mass is 10.2. The van der Waals surface area contributed by atoms with Crippen LogP contribution in [0.3, 0.4) is 0 Å². The standard InChI is InChI=1S/C11H15N3/c1-8-4-5-10-9(6-8)13-11(7-12-2)14(10)3/h4-6,12H,7H2,1-3H3. The molecule has 1 N–H and O–H groups in total. The van der Waals surface area contributed by atoms with Gasteiger partial charge in [0.15, 0.2) is 0 Å². The zero-order valence-corrected chi connectivity index (χ0v) is 8.83. The summed E-state index contributed by atoms with van der Waals surface area (Å²) in [4.78, 5) is 4.56. The van der Waals surface area contributed by atoms with Gasteiger partial charge < -0.3 is 9.88 Å². The molecule has 0 unspecified atom stereocenters. The van der Waals surface area contributed by atoms with E-state index in [9.17, 15) is 0 Å². The quantitative estimate of drug-likeness (QED) is 0.777. The summed E-state index contributed by atoms with van der Waals surface area (Å²) in [6, 6.07) is 6.36. The Morgan fingerprint density at radius 2 is 2.21 bits per heavy atom. The van der Waals surface area contributed by atoms with Crippen LogP contribution in [0.4, 0.5) is 0 Å². The third-order valence-electron chi connectivity index (χ3n) is 2.46. The number of hydrogen-bond donors (Lipinski definition) is 1. The Morgan fingerprint density at radius 1 is 1.43 bits per heavy atom. The van der Waals surface area contributed by atoms with E-state index in [2.05, 4.69) is 47.0 Å². The summed E-state index contributed by atoms with van der Waals surface area (Å²) in [5.41, 5.74) is 3.53. The maximum Gasteiger partial charge on any atom is 0.123 e. The van der Waals surface area contributed by atoms with Crippen molar-refractivity contribution in [3.05, 3.63) is 29.6 Å². The van der Waals surface area contributed by atoms with Crippen LogP contribution in [0, 0.1) is 6.92 Å². The predicted octanol–water partition coefficient (Wildman–Crippen LogP) is 1.60. The van der Waals surface area contributed by atoms with Crippen molar-refractivity contribution in [1.82, 2.24) is 14.9 Å². The molecule has 14 heavy (non-hydrogen) atoms. The molecule has 3 nitrogen and oxygen atoms in total. The molecule has 0 aliphatic carbocycles. The Labute approximate surface area is 83.8 Å². The van der Waals surface area contributed by atoms with E-state index in [1.807, 2.05) is 7.05 Å². The first-order chi connectivity index (χ1) is 6.72. The number of benzene rings is 1. The van der Waals surface area contributed by atoms with Crippen LogP contribution in [0.2, 0.25) is 0 Å². The predicted molar refractivity (Wildman–Crippen MR) is 58.2 cm³/mol. The number of aromatic nitrogens is 2. The molecule has 0 aliphatic heterocycles. The molecule has 1 heterocycles. The zero-order chi connectivity index (χ0) is 10.1. The van der Waals surface area contributed by atoms with E-state index in [4.69, 9.17) is 0 Å². The molecule has 0 fully saturated rings. The summed E-state index contributed by atoms with van der Waals surface area (Å²) in [6.45, 7) is 2.90. The minimum absolute atomic E-state index is 0.810. The number of aryl methyl sites for hydroxylation is 2. The van der Waals surface area contributed by atoms with Gasteiger partial charge in [0, 0.05) is 7.05 Å². The minimum atomic E-state index is 0.810. The Kier molecular flexibility index (Phi) is 2.25. The molecule has 3 heteroatoms. The van der Waals surface area contributed by atoms with Crippen LogP contribution in [0.1, 0.15) is 11.4 Å². The van der Waals surface area contributed by atoms with E-state index in [0.717, 1.165) is 17.9 Å². The van der Waals surface area contributed by atoms with Crippen LogP contribution in [-0.4, -0.2) is 16.6 Å². The third-order valence-corrected chi connectivity index (χ3v) is 2.46. The van der Waals surface area contributed by atoms with Crippen molar-refractivity contribution < 1.29 is 0 Å². The van der Waals surface area contributed by atoms with Gasteiger partial charge in [-0.3, -0.25) is 0 Å². The topological polar surface area (TPSA) is 29.9 Å². The highest BCUT2D eigenvalue weighted by Gasteiger charge is 2.05. The van der Waals surface area contributed by atoms with Crippen LogP contribution in [0.15, 0.2) is 18.2 Å². The first-order valence-corrected chi connectivity index (χ1v) is 4.79. The Bertz CT molecular complexity index is 457. The number of hydrogen-bond acceptors (Lipinski definition) is 2. The summed E-state index contributed by atoms with van der Waals surface area (Å²) >= 11 is 0. The third kappa shape index (κ3) is 1.40. The summed E-state index contributed by atoms with van der Waals surface area (Å²) in [6.07, 6.45) is 0. The second kappa shape index (κ2) is 3.42. The smallest absolute Gasteiger partial charge is 0.123 e. The van der Waals surface area contributed by atoms with E-state index in [1.165, 1.54) is 11.1 Å². The van der Waals surface area contributed by atoms with E-state index in [1.54, 1.807) is 0 Å². The van der Waals surface area contributed by atoms with Crippen molar-refractivity contribution in [3.63, 3.8) is 0 Å². The Morgan fingerprint density at radius 3 is 2.93 bits per heavy atom. The van der Waals surface area contributed by atoms with Crippen molar-refractivity contribution in [2.75, 3.05) is 7.05 Å². The first kappa shape index (κ1) is 9.21. The molecule has 0 saturated heterocycles. The molecule has 2 aromatic rings. The average Bonchev–Trinajstić information content (AvgIpc) is 2.44. The highest BCUT2D eigenvalue weighted by atomic mass is 15.1. The summed E-state index contributed by atoms with van der Waals surface area (Å²) < 4.78 is 2.13. The maximum absolute atomic E-state index is 4.56. The average molecular weight is 189 g/mol. The normalized spacial score (nSPS) is 11.1. The fourth-order valence-electron chi connectivity index (χ4n) is 1.68. The van der Waals surface area contributed by atoms with Crippen molar-refractivity contribution in [3.8, 4) is 0 Å². The summed E-state index contributed by atoms with van der Waals surface area (Å²) in [7, 11) is 3.99. The minimum Gasteiger partial charge on any atom is -0.330 e. The molecule has 74 valence electrons. The molecule has 2 rings (SSSR count). The molecule has 0 radical (unpaired) electrons. The fraction of sp³-hybridized carbons (Fsp3) is 0.364. The fourth-order valence-corrected chi connectivity index (χ4v) is 1.68. The zero-order valence-electron chi connectivity index (χ0n) is 8.83. The lowest BCUT2D eigenvalue weighted by Gasteiger charge is -2.00. The molecule has 1 aromatic carbocycles. The van der Waals surface area contributed by atoms with Crippen molar-refractivity contribution in [1.29, 1.82) is 0 Å². The number of imidazole rings is 1. The van der Waals surface area contributed by atoms with Gasteiger partial charge in [0.1, 0.15) is 5.82 Å². The molecular formula is C11H15N3. The van der Waals surface area contributed by atoms with Crippen molar-refractivity contribution in [2.24, 2.45) is 7.05 Å². The molecule has 0 atom stereocenters. The van der Waals surface area contributed by atoms with Gasteiger partial charge >= 0.3 is 0 Å². The second-order valence-corrected chi connectivity index (χ2v) is 3.61. The van der Waals surface area contributed by atoms with Gasteiger partial charge in [-0.1, -0.05) is 6.07 Å². The molecule has 0 aliphatic rings. The van der Waals surface area contributed by atoms with E-state index < -0.39 is 0 Å². The summed E-state index contributed by atoms with van der Waals surface area (Å²) in [5.74, 6) is 1.08. The number of rotatable bonds is 2. The van der Waals surface area contributed by atoms with Gasteiger partial charge in [-0.15, -0.1) is 0 Å². The van der Waals surface area contributed by atoms with Gasteiger partial charge in [-0.25, -0.2) is 4.98 Å². The van der Waals surface area contributed by atoms with E-state index >= 15 is 0 Å². The van der Waals surface area contributed by atoms with Gasteiger partial charge in [0.05, 0.1) is 17.6 Å². The number of nitrogens with one attached hydrogen (secondary N) is 1. The van der Waals surface area contributed by atoms with Crippen LogP contribution in [-0.2, 0) is 13.6 Å². The second-order valence-electron chi connectivity index (χ2n) is 3.61. The van der Waals surface area contributed by atoms with Crippen LogP contribution in [0.5, 0.6) is 0 Å². The summed E-state index contributed by atoms with van der Waals surface area (Å²) in [5, 5.41) is 3.12. The van der Waals surface area contributed by atoms with Gasteiger partial charge in [-0.2, -0.15) is 0 Å². The molecule has 0 amide bonds. The molecule has 0 saturated carbocycles. The molecule has 0 spiro atoms. The van der Waals surface area contributed by atoms with Crippen LogP contribution in [0.25, 0.3) is 11.0 Å². The van der Waals surface area contributed by atoms with Gasteiger partial charge in [0.2, 0.25) is 0 Å². The van der Waals surface area contributed by atoms with E-state index in [0.29, 0.717) is 0 Å².